The Hall–Kier alpha value is -1.56. The molecule has 0 aliphatic heterocycles. The largest absolute Gasteiger partial charge is 0.0584 e. The van der Waals surface area contributed by atoms with Crippen molar-refractivity contribution in [3.8, 4) is 0 Å². The van der Waals surface area contributed by atoms with E-state index >= 15 is 0 Å². The number of hydrogen-bond donors (Lipinski definition) is 0. The molecule has 39 heavy (non-hydrogen) atoms. The smallest absolute Gasteiger partial charge is 0.0126 e. The SMILES string of the molecule is CC(C)(C)c1ccc(C(C)(C)C)c(C(C)(C)C)c1CCCc1ccc(C(C)(C)C)c(C(C)(C)C)c1C(C)(C)C. The predicted molar refractivity (Wildman–Crippen MR) is 177 cm³/mol. The lowest BCUT2D eigenvalue weighted by Crippen LogP contribution is -2.29. The standard InChI is InChI=1S/C39H64/c1-34(2,3)28-24-25-29(35(4,5)6)32(38(13,14)15)27(28)21-19-20-26-22-23-30(36(7,8)9)33(39(16,17)18)31(26)37(10,11)12/h22-25H,19-21H2,1-18H3. The van der Waals surface area contributed by atoms with Crippen molar-refractivity contribution in [2.24, 2.45) is 0 Å². The first kappa shape index (κ1) is 33.6. The molecule has 0 N–H and O–H groups in total. The highest BCUT2D eigenvalue weighted by atomic mass is 14.4. The number of aryl methyl sites for hydroxylation is 1. The lowest BCUT2D eigenvalue weighted by atomic mass is 9.66. The lowest BCUT2D eigenvalue weighted by molar-refractivity contribution is 0.492. The van der Waals surface area contributed by atoms with E-state index in [1.165, 1.54) is 23.1 Å². The van der Waals surface area contributed by atoms with Crippen LogP contribution < -0.4 is 0 Å². The number of benzene rings is 2. The number of rotatable bonds is 4. The molecule has 0 radical (unpaired) electrons. The summed E-state index contributed by atoms with van der Waals surface area (Å²) in [5.41, 5.74) is 13.1. The Labute approximate surface area is 244 Å². The molecule has 0 saturated carbocycles. The molecule has 0 aliphatic carbocycles. The van der Waals surface area contributed by atoms with E-state index in [1.807, 2.05) is 0 Å². The topological polar surface area (TPSA) is 0 Å². The van der Waals surface area contributed by atoms with Crippen molar-refractivity contribution < 1.29 is 0 Å². The highest BCUT2D eigenvalue weighted by Gasteiger charge is 2.34. The summed E-state index contributed by atoms with van der Waals surface area (Å²) in [5, 5.41) is 0. The zero-order valence-electron chi connectivity index (χ0n) is 29.4. The van der Waals surface area contributed by atoms with Crippen LogP contribution in [0.25, 0.3) is 0 Å². The van der Waals surface area contributed by atoms with Gasteiger partial charge in [0, 0.05) is 0 Å². The maximum atomic E-state index is 2.47. The van der Waals surface area contributed by atoms with Crippen molar-refractivity contribution in [1.29, 1.82) is 0 Å². The van der Waals surface area contributed by atoms with E-state index < -0.39 is 0 Å². The summed E-state index contributed by atoms with van der Waals surface area (Å²) in [4.78, 5) is 0. The zero-order valence-corrected chi connectivity index (χ0v) is 29.4. The van der Waals surface area contributed by atoms with Gasteiger partial charge in [-0.3, -0.25) is 0 Å². The van der Waals surface area contributed by atoms with Crippen LogP contribution in [0.3, 0.4) is 0 Å². The van der Waals surface area contributed by atoms with Crippen molar-refractivity contribution in [3.63, 3.8) is 0 Å². The molecule has 0 bridgehead atoms. The molecule has 0 saturated heterocycles. The van der Waals surface area contributed by atoms with Crippen molar-refractivity contribution in [2.75, 3.05) is 0 Å². The van der Waals surface area contributed by atoms with Crippen molar-refractivity contribution >= 4 is 0 Å². The van der Waals surface area contributed by atoms with Crippen LogP contribution in [0.5, 0.6) is 0 Å². The third-order valence-corrected chi connectivity index (χ3v) is 8.15. The summed E-state index contributed by atoms with van der Waals surface area (Å²) in [6.07, 6.45) is 3.41. The predicted octanol–water partition coefficient (Wildman–Crippen LogP) is 11.6. The second-order valence-electron chi connectivity index (χ2n) is 18.4. The fraction of sp³-hybridized carbons (Fsp3) is 0.692. The molecule has 0 heteroatoms. The summed E-state index contributed by atoms with van der Waals surface area (Å²) < 4.78 is 0. The summed E-state index contributed by atoms with van der Waals surface area (Å²) >= 11 is 0. The Morgan fingerprint density at radius 2 is 0.718 bits per heavy atom. The van der Waals surface area contributed by atoms with Gasteiger partial charge in [-0.2, -0.15) is 0 Å². The molecule has 0 aromatic heterocycles. The molecule has 0 unspecified atom stereocenters. The fourth-order valence-corrected chi connectivity index (χ4v) is 6.66. The molecule has 2 aromatic carbocycles. The van der Waals surface area contributed by atoms with Gasteiger partial charge in [-0.05, 0) is 96.3 Å². The molecule has 0 atom stereocenters. The van der Waals surface area contributed by atoms with Crippen molar-refractivity contribution in [1.82, 2.24) is 0 Å². The third kappa shape index (κ3) is 7.80. The maximum absolute atomic E-state index is 2.47. The van der Waals surface area contributed by atoms with Gasteiger partial charge in [-0.25, -0.2) is 0 Å². The molecule has 0 spiro atoms. The summed E-state index contributed by atoms with van der Waals surface area (Å²) in [6.45, 7) is 43.0. The van der Waals surface area contributed by atoms with Crippen molar-refractivity contribution in [2.45, 2.75) is 176 Å². The second kappa shape index (κ2) is 10.7. The van der Waals surface area contributed by atoms with E-state index in [4.69, 9.17) is 0 Å². The van der Waals surface area contributed by atoms with Crippen LogP contribution >= 0.6 is 0 Å². The van der Waals surface area contributed by atoms with E-state index in [1.54, 1.807) is 27.8 Å². The average Bonchev–Trinajstić information content (AvgIpc) is 2.68. The molecular formula is C39H64. The Morgan fingerprint density at radius 3 is 1.10 bits per heavy atom. The van der Waals surface area contributed by atoms with E-state index in [2.05, 4.69) is 149 Å². The molecule has 2 aromatic rings. The van der Waals surface area contributed by atoms with Crippen LogP contribution in [-0.4, -0.2) is 0 Å². The van der Waals surface area contributed by atoms with E-state index in [0.717, 1.165) is 12.8 Å². The Morgan fingerprint density at radius 1 is 0.359 bits per heavy atom. The van der Waals surface area contributed by atoms with Gasteiger partial charge >= 0.3 is 0 Å². The zero-order chi connectivity index (χ0) is 30.6. The Bertz CT molecular complexity index is 1140. The van der Waals surface area contributed by atoms with Gasteiger partial charge < -0.3 is 0 Å². The highest BCUT2D eigenvalue weighted by molar-refractivity contribution is 5.52. The first-order chi connectivity index (χ1) is 17.2. The minimum absolute atomic E-state index is 0.0957. The Balaban J connectivity index is 2.72. The summed E-state index contributed by atoms with van der Waals surface area (Å²) in [6, 6.07) is 9.80. The third-order valence-electron chi connectivity index (χ3n) is 8.15. The normalized spacial score (nSPS) is 14.2. The van der Waals surface area contributed by atoms with Crippen LogP contribution in [0.1, 0.15) is 176 Å². The van der Waals surface area contributed by atoms with Gasteiger partial charge in [-0.15, -0.1) is 0 Å². The molecule has 0 fully saturated rings. The Kier molecular flexibility index (Phi) is 9.22. The van der Waals surface area contributed by atoms with Gasteiger partial charge in [-0.1, -0.05) is 149 Å². The first-order valence-corrected chi connectivity index (χ1v) is 15.5. The molecule has 0 heterocycles. The van der Waals surface area contributed by atoms with Crippen LogP contribution in [0.2, 0.25) is 0 Å². The van der Waals surface area contributed by atoms with Gasteiger partial charge in [0.1, 0.15) is 0 Å². The van der Waals surface area contributed by atoms with Crippen molar-refractivity contribution in [3.05, 3.63) is 68.8 Å². The quantitative estimate of drug-likeness (QED) is 0.367. The lowest BCUT2D eigenvalue weighted by Gasteiger charge is -2.38. The molecule has 220 valence electrons. The summed E-state index contributed by atoms with van der Waals surface area (Å²) in [7, 11) is 0. The number of hydrogen-bond acceptors (Lipinski definition) is 0. The van der Waals surface area contributed by atoms with E-state index in [0.29, 0.717) is 0 Å². The maximum Gasteiger partial charge on any atom is -0.0126 e. The van der Waals surface area contributed by atoms with E-state index in [9.17, 15) is 0 Å². The highest BCUT2D eigenvalue weighted by Crippen LogP contribution is 2.44. The molecule has 0 aliphatic rings. The van der Waals surface area contributed by atoms with Crippen LogP contribution in [-0.2, 0) is 45.3 Å². The minimum Gasteiger partial charge on any atom is -0.0584 e. The minimum atomic E-state index is 0.0957. The van der Waals surface area contributed by atoms with E-state index in [-0.39, 0.29) is 32.5 Å². The molecule has 2 rings (SSSR count). The first-order valence-electron chi connectivity index (χ1n) is 15.5. The van der Waals surface area contributed by atoms with Gasteiger partial charge in [0.25, 0.3) is 0 Å². The molecular weight excluding hydrogens is 468 g/mol. The van der Waals surface area contributed by atoms with Gasteiger partial charge in [0.15, 0.2) is 0 Å². The monoisotopic (exact) mass is 533 g/mol. The van der Waals surface area contributed by atoms with Crippen LogP contribution in [0.15, 0.2) is 24.3 Å². The van der Waals surface area contributed by atoms with Gasteiger partial charge in [0.2, 0.25) is 0 Å². The van der Waals surface area contributed by atoms with Gasteiger partial charge in [0.05, 0.1) is 0 Å². The van der Waals surface area contributed by atoms with Crippen LogP contribution in [0.4, 0.5) is 0 Å². The fourth-order valence-electron chi connectivity index (χ4n) is 6.66. The van der Waals surface area contributed by atoms with Crippen LogP contribution in [0, 0.1) is 0 Å². The second-order valence-corrected chi connectivity index (χ2v) is 18.4. The average molecular weight is 533 g/mol. The molecule has 0 nitrogen and oxygen atoms in total. The summed E-state index contributed by atoms with van der Waals surface area (Å²) in [5.74, 6) is 0. The molecule has 0 amide bonds.